The summed E-state index contributed by atoms with van der Waals surface area (Å²) in [5, 5.41) is 11.9. The molecule has 2 heterocycles. The van der Waals surface area contributed by atoms with Crippen molar-refractivity contribution in [3.05, 3.63) is 29.8 Å². The van der Waals surface area contributed by atoms with Gasteiger partial charge in [-0.05, 0) is 24.5 Å². The van der Waals surface area contributed by atoms with Crippen molar-refractivity contribution < 1.29 is 24.2 Å². The topological polar surface area (TPSA) is 95.9 Å². The predicted octanol–water partition coefficient (Wildman–Crippen LogP) is 1.11. The fourth-order valence-electron chi connectivity index (χ4n) is 3.49. The number of para-hydroxylation sites is 1. The SMILES string of the molecule is O=C(O)CC1(NC(=O)CCN2C(=O)CCc3ccccc32)CCOC1. The first-order chi connectivity index (χ1) is 12.0. The Kier molecular flexibility index (Phi) is 5.03. The zero-order chi connectivity index (χ0) is 17.9. The first kappa shape index (κ1) is 17.4. The van der Waals surface area contributed by atoms with Crippen molar-refractivity contribution in [2.75, 3.05) is 24.7 Å². The molecule has 0 aliphatic carbocycles. The van der Waals surface area contributed by atoms with Crippen molar-refractivity contribution in [2.45, 2.75) is 37.6 Å². The minimum Gasteiger partial charge on any atom is -0.481 e. The summed E-state index contributed by atoms with van der Waals surface area (Å²) in [5.74, 6) is -1.22. The fourth-order valence-corrected chi connectivity index (χ4v) is 3.49. The second kappa shape index (κ2) is 7.23. The molecule has 3 rings (SSSR count). The van der Waals surface area contributed by atoms with E-state index in [9.17, 15) is 14.4 Å². The Morgan fingerprint density at radius 2 is 2.08 bits per heavy atom. The Hall–Kier alpha value is -2.41. The number of hydrogen-bond acceptors (Lipinski definition) is 4. The molecule has 1 atom stereocenters. The molecular formula is C18H22N2O5. The Balaban J connectivity index is 1.62. The molecule has 1 aromatic rings. The molecule has 2 amide bonds. The lowest BCUT2D eigenvalue weighted by atomic mass is 9.94. The number of aliphatic carboxylic acids is 1. The zero-order valence-electron chi connectivity index (χ0n) is 14.0. The van der Waals surface area contributed by atoms with Crippen molar-refractivity contribution in [1.82, 2.24) is 5.32 Å². The molecule has 25 heavy (non-hydrogen) atoms. The third-order valence-electron chi connectivity index (χ3n) is 4.75. The molecule has 1 saturated heterocycles. The molecule has 0 radical (unpaired) electrons. The van der Waals surface area contributed by atoms with Gasteiger partial charge in [0.25, 0.3) is 0 Å². The Morgan fingerprint density at radius 1 is 1.28 bits per heavy atom. The van der Waals surface area contributed by atoms with E-state index in [0.29, 0.717) is 19.4 Å². The van der Waals surface area contributed by atoms with Crippen LogP contribution < -0.4 is 10.2 Å². The summed E-state index contributed by atoms with van der Waals surface area (Å²) in [7, 11) is 0. The van der Waals surface area contributed by atoms with Crippen LogP contribution in [0.2, 0.25) is 0 Å². The maximum Gasteiger partial charge on any atom is 0.305 e. The molecule has 2 N–H and O–H groups in total. The number of fused-ring (bicyclic) bond motifs is 1. The van der Waals surface area contributed by atoms with Crippen LogP contribution in [0, 0.1) is 0 Å². The molecule has 0 saturated carbocycles. The van der Waals surface area contributed by atoms with E-state index in [2.05, 4.69) is 5.32 Å². The number of carbonyl (C=O) groups excluding carboxylic acids is 2. The lowest BCUT2D eigenvalue weighted by Gasteiger charge is -2.30. The molecular weight excluding hydrogens is 324 g/mol. The Morgan fingerprint density at radius 3 is 2.80 bits per heavy atom. The molecule has 1 unspecified atom stereocenters. The second-order valence-corrected chi connectivity index (χ2v) is 6.63. The van der Waals surface area contributed by atoms with Gasteiger partial charge in [-0.2, -0.15) is 0 Å². The molecule has 7 nitrogen and oxygen atoms in total. The summed E-state index contributed by atoms with van der Waals surface area (Å²) in [6.45, 7) is 0.924. The van der Waals surface area contributed by atoms with E-state index < -0.39 is 11.5 Å². The fraction of sp³-hybridized carbons (Fsp3) is 0.500. The van der Waals surface area contributed by atoms with E-state index in [1.165, 1.54) is 0 Å². The van der Waals surface area contributed by atoms with Crippen LogP contribution in [0.4, 0.5) is 5.69 Å². The van der Waals surface area contributed by atoms with Gasteiger partial charge in [-0.25, -0.2) is 0 Å². The summed E-state index contributed by atoms with van der Waals surface area (Å²) in [6.07, 6.45) is 1.61. The number of nitrogens with zero attached hydrogens (tertiary/aromatic N) is 1. The van der Waals surface area contributed by atoms with Gasteiger partial charge in [0.2, 0.25) is 11.8 Å². The van der Waals surface area contributed by atoms with Crippen LogP contribution in [-0.4, -0.2) is 48.2 Å². The number of benzene rings is 1. The number of carbonyl (C=O) groups is 3. The summed E-state index contributed by atoms with van der Waals surface area (Å²) in [6, 6.07) is 7.70. The number of nitrogens with one attached hydrogen (secondary N) is 1. The summed E-state index contributed by atoms with van der Waals surface area (Å²) in [5.41, 5.74) is 1.12. The Labute approximate surface area is 146 Å². The van der Waals surface area contributed by atoms with Crippen LogP contribution in [-0.2, 0) is 25.5 Å². The highest BCUT2D eigenvalue weighted by atomic mass is 16.5. The highest BCUT2D eigenvalue weighted by Crippen LogP contribution is 2.28. The monoisotopic (exact) mass is 346 g/mol. The first-order valence-electron chi connectivity index (χ1n) is 8.48. The van der Waals surface area contributed by atoms with Crippen molar-refractivity contribution in [3.8, 4) is 0 Å². The van der Waals surface area contributed by atoms with Crippen LogP contribution in [0.3, 0.4) is 0 Å². The maximum atomic E-state index is 12.3. The van der Waals surface area contributed by atoms with E-state index >= 15 is 0 Å². The minimum atomic E-state index is -0.967. The van der Waals surface area contributed by atoms with E-state index in [1.54, 1.807) is 4.90 Å². The molecule has 1 aromatic carbocycles. The average molecular weight is 346 g/mol. The highest BCUT2D eigenvalue weighted by Gasteiger charge is 2.38. The van der Waals surface area contributed by atoms with Gasteiger partial charge in [-0.3, -0.25) is 14.4 Å². The van der Waals surface area contributed by atoms with Gasteiger partial charge in [0.1, 0.15) is 0 Å². The molecule has 0 aromatic heterocycles. The number of ether oxygens (including phenoxy) is 1. The zero-order valence-corrected chi connectivity index (χ0v) is 14.0. The highest BCUT2D eigenvalue weighted by molar-refractivity contribution is 5.97. The number of aryl methyl sites for hydroxylation is 1. The average Bonchev–Trinajstić information content (AvgIpc) is 3.01. The first-order valence-corrected chi connectivity index (χ1v) is 8.48. The lowest BCUT2D eigenvalue weighted by molar-refractivity contribution is -0.139. The smallest absolute Gasteiger partial charge is 0.305 e. The number of rotatable bonds is 6. The molecule has 2 aliphatic rings. The van der Waals surface area contributed by atoms with Gasteiger partial charge >= 0.3 is 5.97 Å². The van der Waals surface area contributed by atoms with Gasteiger partial charge < -0.3 is 20.1 Å². The molecule has 0 bridgehead atoms. The van der Waals surface area contributed by atoms with Gasteiger partial charge in [-0.15, -0.1) is 0 Å². The van der Waals surface area contributed by atoms with Crippen LogP contribution >= 0.6 is 0 Å². The normalized spacial score (nSPS) is 22.6. The predicted molar refractivity (Wildman–Crippen MR) is 90.3 cm³/mol. The number of hydrogen-bond donors (Lipinski definition) is 2. The van der Waals surface area contributed by atoms with Gasteiger partial charge in [-0.1, -0.05) is 18.2 Å². The lowest BCUT2D eigenvalue weighted by Crippen LogP contribution is -2.51. The third kappa shape index (κ3) is 3.99. The summed E-state index contributed by atoms with van der Waals surface area (Å²) < 4.78 is 5.28. The van der Waals surface area contributed by atoms with E-state index in [1.807, 2.05) is 24.3 Å². The number of carboxylic acid groups (broad SMARTS) is 1. The molecule has 2 aliphatic heterocycles. The second-order valence-electron chi connectivity index (χ2n) is 6.63. The van der Waals surface area contributed by atoms with E-state index in [-0.39, 0.29) is 37.8 Å². The molecule has 0 spiro atoms. The van der Waals surface area contributed by atoms with Gasteiger partial charge in [0.05, 0.1) is 18.6 Å². The van der Waals surface area contributed by atoms with Crippen molar-refractivity contribution in [3.63, 3.8) is 0 Å². The van der Waals surface area contributed by atoms with E-state index in [0.717, 1.165) is 17.7 Å². The van der Waals surface area contributed by atoms with Crippen LogP contribution in [0.25, 0.3) is 0 Å². The molecule has 134 valence electrons. The number of carboxylic acids is 1. The quantitative estimate of drug-likeness (QED) is 0.804. The van der Waals surface area contributed by atoms with Gasteiger partial charge in [0, 0.05) is 31.7 Å². The minimum absolute atomic E-state index is 0.0101. The summed E-state index contributed by atoms with van der Waals surface area (Å²) in [4.78, 5) is 37.3. The largest absolute Gasteiger partial charge is 0.481 e. The Bertz CT molecular complexity index is 682. The molecule has 1 fully saturated rings. The van der Waals surface area contributed by atoms with Gasteiger partial charge in [0.15, 0.2) is 0 Å². The number of anilines is 1. The van der Waals surface area contributed by atoms with Crippen LogP contribution in [0.5, 0.6) is 0 Å². The van der Waals surface area contributed by atoms with Crippen molar-refractivity contribution in [1.29, 1.82) is 0 Å². The third-order valence-corrected chi connectivity index (χ3v) is 4.75. The number of amides is 2. The van der Waals surface area contributed by atoms with Crippen molar-refractivity contribution in [2.24, 2.45) is 0 Å². The van der Waals surface area contributed by atoms with Crippen molar-refractivity contribution >= 4 is 23.5 Å². The van der Waals surface area contributed by atoms with Crippen LogP contribution in [0.15, 0.2) is 24.3 Å². The standard InChI is InChI=1S/C18H22N2O5/c21-15(19-18(11-17(23)24)8-10-25-12-18)7-9-20-14-4-2-1-3-13(14)5-6-16(20)22/h1-4H,5-12H2,(H,19,21)(H,23,24). The molecule has 7 heteroatoms. The van der Waals surface area contributed by atoms with E-state index in [4.69, 9.17) is 9.84 Å². The maximum absolute atomic E-state index is 12.3. The van der Waals surface area contributed by atoms with Crippen LogP contribution in [0.1, 0.15) is 31.2 Å². The summed E-state index contributed by atoms with van der Waals surface area (Å²) >= 11 is 0.